The van der Waals surface area contributed by atoms with E-state index >= 15 is 0 Å². The second-order valence-corrected chi connectivity index (χ2v) is 11.4. The van der Waals surface area contributed by atoms with E-state index in [4.69, 9.17) is 55.6 Å². The number of carbonyl (C=O) groups excluding carboxylic acids is 1. The van der Waals surface area contributed by atoms with Crippen molar-refractivity contribution in [3.8, 4) is 16.9 Å². The van der Waals surface area contributed by atoms with Gasteiger partial charge in [-0.2, -0.15) is 0 Å². The fourth-order valence-corrected chi connectivity index (χ4v) is 4.66. The smallest absolute Gasteiger partial charge is 0.396 e. The van der Waals surface area contributed by atoms with Crippen LogP contribution in [0.4, 0.5) is 0 Å². The molecule has 3 aromatic carbocycles. The van der Waals surface area contributed by atoms with Crippen LogP contribution in [0.5, 0.6) is 5.75 Å². The van der Waals surface area contributed by atoms with Crippen molar-refractivity contribution in [2.75, 3.05) is 0 Å². The van der Waals surface area contributed by atoms with Gasteiger partial charge in [0.25, 0.3) is 5.91 Å². The van der Waals surface area contributed by atoms with Crippen molar-refractivity contribution in [3.63, 3.8) is 0 Å². The zero-order valence-corrected chi connectivity index (χ0v) is 21.7. The topological polar surface area (TPSA) is 68.5 Å². The number of halogens is 5. The van der Waals surface area contributed by atoms with Gasteiger partial charge in [-0.15, -0.1) is 0 Å². The van der Waals surface area contributed by atoms with Gasteiger partial charge >= 0.3 is 4.94 Å². The quantitative estimate of drug-likeness (QED) is 0.189. The Labute approximate surface area is 220 Å². The number of carbonyl (C=O) groups is 1. The number of hydrogen-bond acceptors (Lipinski definition) is 5. The minimum atomic E-state index is -2.03. The first-order valence-electron chi connectivity index (χ1n) is 9.25. The van der Waals surface area contributed by atoms with E-state index in [0.717, 1.165) is 15.8 Å². The minimum Gasteiger partial charge on any atom is -0.465 e. The summed E-state index contributed by atoms with van der Waals surface area (Å²) in [6.07, 6.45) is -1.37. The first kappa shape index (κ1) is 24.4. The van der Waals surface area contributed by atoms with Crippen LogP contribution in [-0.4, -0.2) is 15.9 Å². The van der Waals surface area contributed by atoms with E-state index in [0.29, 0.717) is 32.0 Å². The predicted octanol–water partition coefficient (Wildman–Crippen LogP) is 7.44. The summed E-state index contributed by atoms with van der Waals surface area (Å²) in [5, 5.41) is 3.02. The van der Waals surface area contributed by atoms with E-state index in [9.17, 15) is 9.59 Å². The van der Waals surface area contributed by atoms with Crippen molar-refractivity contribution < 1.29 is 13.9 Å². The molecule has 0 saturated heterocycles. The van der Waals surface area contributed by atoms with Gasteiger partial charge in [-0.05, 0) is 42.5 Å². The average molecular weight is 608 g/mol. The van der Waals surface area contributed by atoms with E-state index in [1.807, 2.05) is 0 Å². The fraction of sp³-hybridized carbons (Fsp3) is 0.0909. The Hall–Kier alpha value is -1.74. The van der Waals surface area contributed by atoms with Crippen LogP contribution in [0.3, 0.4) is 0 Å². The molecule has 33 heavy (non-hydrogen) atoms. The predicted molar refractivity (Wildman–Crippen MR) is 137 cm³/mol. The van der Waals surface area contributed by atoms with Crippen LogP contribution in [0, 0.1) is 0 Å². The maximum Gasteiger partial charge on any atom is 0.396 e. The normalized spacial score (nSPS) is 12.5. The van der Waals surface area contributed by atoms with Crippen LogP contribution >= 0.6 is 73.7 Å². The van der Waals surface area contributed by atoms with Gasteiger partial charge in [0.05, 0.1) is 4.70 Å². The summed E-state index contributed by atoms with van der Waals surface area (Å²) >= 11 is 29.1. The van der Waals surface area contributed by atoms with Crippen molar-refractivity contribution in [1.29, 1.82) is 0 Å². The van der Waals surface area contributed by atoms with E-state index < -0.39 is 20.9 Å². The molecule has 4 rings (SSSR count). The Morgan fingerprint density at radius 2 is 1.76 bits per heavy atom. The largest absolute Gasteiger partial charge is 0.465 e. The second kappa shape index (κ2) is 9.86. The van der Waals surface area contributed by atoms with Gasteiger partial charge < -0.3 is 14.5 Å². The molecule has 11 heteroatoms. The SMILES string of the molecule is O=C(N[C@@H](Oc1ccc2oc(=O)sc2c1-c1ccccc1Cl)C(Cl)(Cl)Cl)c1ccc(Br)cc1. The van der Waals surface area contributed by atoms with E-state index in [-0.39, 0.29) is 5.75 Å². The molecule has 1 N–H and O–H groups in total. The molecule has 1 aromatic heterocycles. The van der Waals surface area contributed by atoms with Crippen LogP contribution in [0.15, 0.2) is 74.3 Å². The lowest BCUT2D eigenvalue weighted by Gasteiger charge is -2.27. The van der Waals surface area contributed by atoms with Gasteiger partial charge in [0, 0.05) is 26.2 Å². The summed E-state index contributed by atoms with van der Waals surface area (Å²) in [6.45, 7) is 0. The second-order valence-electron chi connectivity index (χ2n) is 6.72. The number of hydrogen-bond donors (Lipinski definition) is 1. The van der Waals surface area contributed by atoms with Crippen LogP contribution in [-0.2, 0) is 0 Å². The zero-order valence-electron chi connectivity index (χ0n) is 16.3. The summed E-state index contributed by atoms with van der Waals surface area (Å²) in [5.41, 5.74) is 1.76. The Balaban J connectivity index is 1.77. The molecule has 5 nitrogen and oxygen atoms in total. The van der Waals surface area contributed by atoms with Crippen LogP contribution in [0.25, 0.3) is 21.4 Å². The highest BCUT2D eigenvalue weighted by Gasteiger charge is 2.37. The lowest BCUT2D eigenvalue weighted by Crippen LogP contribution is -2.47. The van der Waals surface area contributed by atoms with E-state index in [1.54, 1.807) is 60.7 Å². The summed E-state index contributed by atoms with van der Waals surface area (Å²) in [6, 6.07) is 16.8. The monoisotopic (exact) mass is 605 g/mol. The molecule has 0 aliphatic heterocycles. The molecule has 0 fully saturated rings. The number of nitrogens with one attached hydrogen (secondary N) is 1. The standard InChI is InChI=1S/C22H12BrCl4NO4S/c23-12-7-5-11(6-8-12)19(29)28-20(22(25,26)27)31-15-9-10-16-18(33-21(30)32-16)17(15)13-3-1-2-4-14(13)24/h1-10,20H,(H,28,29)/t20-/m0/s1. The molecular formula is C22H12BrCl4NO4S. The van der Waals surface area contributed by atoms with Gasteiger partial charge in [0.15, 0.2) is 0 Å². The van der Waals surface area contributed by atoms with Gasteiger partial charge in [0.1, 0.15) is 11.3 Å². The molecule has 0 radical (unpaired) electrons. The minimum absolute atomic E-state index is 0.236. The van der Waals surface area contributed by atoms with Gasteiger partial charge in [-0.3, -0.25) is 4.79 Å². The van der Waals surface area contributed by atoms with Gasteiger partial charge in [0.2, 0.25) is 10.0 Å². The first-order chi connectivity index (χ1) is 15.6. The van der Waals surface area contributed by atoms with E-state index in [1.165, 1.54) is 0 Å². The highest BCUT2D eigenvalue weighted by atomic mass is 79.9. The van der Waals surface area contributed by atoms with Crippen molar-refractivity contribution in [2.24, 2.45) is 0 Å². The molecule has 170 valence electrons. The molecule has 0 aliphatic rings. The van der Waals surface area contributed by atoms with Crippen LogP contribution in [0.1, 0.15) is 10.4 Å². The lowest BCUT2D eigenvalue weighted by atomic mass is 10.0. The molecule has 1 heterocycles. The summed E-state index contributed by atoms with van der Waals surface area (Å²) in [5.74, 6) is -0.271. The van der Waals surface area contributed by atoms with Crippen molar-refractivity contribution in [1.82, 2.24) is 5.32 Å². The molecule has 0 spiro atoms. The number of benzene rings is 3. The average Bonchev–Trinajstić information content (AvgIpc) is 3.14. The zero-order chi connectivity index (χ0) is 23.8. The summed E-state index contributed by atoms with van der Waals surface area (Å²) in [4.78, 5) is 24.2. The first-order valence-corrected chi connectivity index (χ1v) is 12.4. The lowest BCUT2D eigenvalue weighted by molar-refractivity contribution is 0.0834. The maximum atomic E-state index is 12.8. The Morgan fingerprint density at radius 3 is 2.42 bits per heavy atom. The molecule has 0 unspecified atom stereocenters. The Kier molecular flexibility index (Phi) is 7.29. The number of alkyl halides is 3. The van der Waals surface area contributed by atoms with Crippen molar-refractivity contribution in [3.05, 3.63) is 85.5 Å². The summed E-state index contributed by atoms with van der Waals surface area (Å²) in [7, 11) is 0. The van der Waals surface area contributed by atoms with Gasteiger partial charge in [-0.1, -0.05) is 91.9 Å². The number of fused-ring (bicyclic) bond motifs is 1. The number of ether oxygens (including phenoxy) is 1. The number of rotatable bonds is 5. The molecule has 1 atom stereocenters. The number of amides is 1. The van der Waals surface area contributed by atoms with Crippen LogP contribution < -0.4 is 15.0 Å². The molecule has 0 aliphatic carbocycles. The maximum absolute atomic E-state index is 12.8. The fourth-order valence-electron chi connectivity index (χ4n) is 3.05. The third kappa shape index (κ3) is 5.50. The molecular weight excluding hydrogens is 596 g/mol. The van der Waals surface area contributed by atoms with Crippen molar-refractivity contribution in [2.45, 2.75) is 10.0 Å². The van der Waals surface area contributed by atoms with Gasteiger partial charge in [-0.25, -0.2) is 4.79 Å². The molecule has 4 aromatic rings. The molecule has 1 amide bonds. The highest BCUT2D eigenvalue weighted by molar-refractivity contribution is 9.10. The van der Waals surface area contributed by atoms with Crippen molar-refractivity contribution >= 4 is 89.9 Å². The Morgan fingerprint density at radius 1 is 1.06 bits per heavy atom. The van der Waals surface area contributed by atoms with E-state index in [2.05, 4.69) is 21.2 Å². The third-order valence-corrected chi connectivity index (χ3v) is 6.83. The summed E-state index contributed by atoms with van der Waals surface area (Å²) < 4.78 is 10.6. The molecule has 0 saturated carbocycles. The highest BCUT2D eigenvalue weighted by Crippen LogP contribution is 2.43. The Bertz CT molecular complexity index is 1380. The van der Waals surface area contributed by atoms with Crippen LogP contribution in [0.2, 0.25) is 5.02 Å². The third-order valence-electron chi connectivity index (χ3n) is 4.52. The molecule has 0 bridgehead atoms.